The molecule has 3 rings (SSSR count). The average molecular weight is 413 g/mol. The van der Waals surface area contributed by atoms with Gasteiger partial charge in [-0.3, -0.25) is 13.6 Å². The Morgan fingerprint density at radius 2 is 1.96 bits per heavy atom. The number of hydrogen-bond acceptors (Lipinski definition) is 4. The third-order valence-corrected chi connectivity index (χ3v) is 6.95. The van der Waals surface area contributed by atoms with Crippen molar-refractivity contribution in [3.05, 3.63) is 62.9 Å². The van der Waals surface area contributed by atoms with E-state index >= 15 is 0 Å². The van der Waals surface area contributed by atoms with Gasteiger partial charge in [0.05, 0.1) is 31.6 Å². The van der Waals surface area contributed by atoms with E-state index in [4.69, 9.17) is 23.2 Å². The van der Waals surface area contributed by atoms with Crippen LogP contribution in [0.3, 0.4) is 0 Å². The number of aromatic nitrogens is 2. The van der Waals surface area contributed by atoms with Crippen LogP contribution in [0.15, 0.2) is 57.3 Å². The molecule has 130 valence electrons. The van der Waals surface area contributed by atoms with E-state index in [2.05, 4.69) is 4.98 Å². The smallest absolute Gasteiger partial charge is 0.261 e. The van der Waals surface area contributed by atoms with Gasteiger partial charge >= 0.3 is 0 Å². The number of thioether (sulfide) groups is 1. The van der Waals surface area contributed by atoms with Gasteiger partial charge in [-0.15, -0.1) is 0 Å². The second kappa shape index (κ2) is 7.91. The number of hydrogen-bond donors (Lipinski definition) is 0. The van der Waals surface area contributed by atoms with Gasteiger partial charge in [-0.1, -0.05) is 47.1 Å². The van der Waals surface area contributed by atoms with E-state index in [-0.39, 0.29) is 5.56 Å². The minimum atomic E-state index is -1.27. The summed E-state index contributed by atoms with van der Waals surface area (Å²) in [5.41, 5.74) is 0.569. The van der Waals surface area contributed by atoms with E-state index in [1.54, 1.807) is 31.3 Å². The Bertz CT molecular complexity index is 1020. The van der Waals surface area contributed by atoms with E-state index < -0.39 is 10.8 Å². The first-order valence-electron chi connectivity index (χ1n) is 7.39. The zero-order valence-corrected chi connectivity index (χ0v) is 16.4. The molecule has 1 heterocycles. The molecule has 0 radical (unpaired) electrons. The lowest BCUT2D eigenvalue weighted by Crippen LogP contribution is -2.20. The van der Waals surface area contributed by atoms with Crippen LogP contribution in [0.5, 0.6) is 0 Å². The molecule has 0 fully saturated rings. The van der Waals surface area contributed by atoms with Crippen LogP contribution in [0.2, 0.25) is 10.0 Å². The number of rotatable bonds is 5. The molecule has 0 aliphatic rings. The molecular weight excluding hydrogens is 399 g/mol. The summed E-state index contributed by atoms with van der Waals surface area (Å²) in [7, 11) is 0.419. The standard InChI is InChI=1S/C17H14Cl2N2O2S2/c1-21-16(22)12-4-2-3-5-14(12)20-17(21)24-8-9-25(23)15-10-11(18)6-7-13(15)19/h2-7,10H,8-9H2,1H3. The fourth-order valence-corrected chi connectivity index (χ4v) is 5.23. The Labute approximate surface area is 161 Å². The fourth-order valence-electron chi connectivity index (χ4n) is 2.30. The number of nitrogens with zero attached hydrogens (tertiary/aromatic N) is 2. The number of para-hydroxylation sites is 1. The summed E-state index contributed by atoms with van der Waals surface area (Å²) in [5.74, 6) is 0.918. The summed E-state index contributed by atoms with van der Waals surface area (Å²) in [6.07, 6.45) is 0. The van der Waals surface area contributed by atoms with Crippen LogP contribution in [0.25, 0.3) is 10.9 Å². The third kappa shape index (κ3) is 4.08. The van der Waals surface area contributed by atoms with Crippen LogP contribution in [0, 0.1) is 0 Å². The second-order valence-corrected chi connectivity index (χ2v) is 8.69. The molecule has 0 bridgehead atoms. The number of benzene rings is 2. The van der Waals surface area contributed by atoms with Gasteiger partial charge in [0.25, 0.3) is 5.56 Å². The summed E-state index contributed by atoms with van der Waals surface area (Å²) in [4.78, 5) is 17.4. The average Bonchev–Trinajstić information content (AvgIpc) is 2.61. The van der Waals surface area contributed by atoms with Gasteiger partial charge in [0.15, 0.2) is 5.16 Å². The Kier molecular flexibility index (Phi) is 5.84. The van der Waals surface area contributed by atoms with Crippen molar-refractivity contribution in [3.63, 3.8) is 0 Å². The van der Waals surface area contributed by atoms with Crippen molar-refractivity contribution < 1.29 is 4.21 Å². The van der Waals surface area contributed by atoms with Gasteiger partial charge in [-0.05, 0) is 30.3 Å². The van der Waals surface area contributed by atoms with E-state index in [1.165, 1.54) is 16.3 Å². The molecule has 0 saturated heterocycles. The Morgan fingerprint density at radius 3 is 2.76 bits per heavy atom. The van der Waals surface area contributed by atoms with Gasteiger partial charge < -0.3 is 0 Å². The number of fused-ring (bicyclic) bond motifs is 1. The van der Waals surface area contributed by atoms with E-state index in [0.717, 1.165) is 0 Å². The highest BCUT2D eigenvalue weighted by Gasteiger charge is 2.12. The van der Waals surface area contributed by atoms with Crippen LogP contribution >= 0.6 is 35.0 Å². The predicted octanol–water partition coefficient (Wildman–Crippen LogP) is 4.14. The first kappa shape index (κ1) is 18.5. The van der Waals surface area contributed by atoms with Crippen molar-refractivity contribution in [1.29, 1.82) is 0 Å². The van der Waals surface area contributed by atoms with Crippen molar-refractivity contribution in [2.45, 2.75) is 10.1 Å². The highest BCUT2D eigenvalue weighted by Crippen LogP contribution is 2.25. The van der Waals surface area contributed by atoms with Crippen LogP contribution in [0.4, 0.5) is 0 Å². The minimum absolute atomic E-state index is 0.0906. The van der Waals surface area contributed by atoms with Crippen molar-refractivity contribution >= 4 is 56.7 Å². The van der Waals surface area contributed by atoms with Gasteiger partial charge in [-0.25, -0.2) is 4.98 Å². The van der Waals surface area contributed by atoms with Crippen molar-refractivity contribution in [2.75, 3.05) is 11.5 Å². The van der Waals surface area contributed by atoms with Crippen LogP contribution in [-0.4, -0.2) is 25.3 Å². The maximum Gasteiger partial charge on any atom is 0.261 e. The molecule has 25 heavy (non-hydrogen) atoms. The number of halogens is 2. The molecule has 1 unspecified atom stereocenters. The second-order valence-electron chi connectivity index (χ2n) is 5.25. The first-order chi connectivity index (χ1) is 12.0. The normalized spacial score (nSPS) is 12.4. The summed E-state index contributed by atoms with van der Waals surface area (Å²) >= 11 is 13.4. The largest absolute Gasteiger partial charge is 0.290 e. The zero-order valence-electron chi connectivity index (χ0n) is 13.2. The van der Waals surface area contributed by atoms with E-state index in [0.29, 0.717) is 42.5 Å². The van der Waals surface area contributed by atoms with E-state index in [9.17, 15) is 9.00 Å². The monoisotopic (exact) mass is 412 g/mol. The highest BCUT2D eigenvalue weighted by molar-refractivity contribution is 8.00. The molecule has 1 aromatic heterocycles. The Balaban J connectivity index is 1.75. The third-order valence-electron chi connectivity index (χ3n) is 3.58. The van der Waals surface area contributed by atoms with Gasteiger partial charge in [0.1, 0.15) is 0 Å². The van der Waals surface area contributed by atoms with Crippen LogP contribution in [0.1, 0.15) is 0 Å². The molecule has 0 saturated carbocycles. The fraction of sp³-hybridized carbons (Fsp3) is 0.176. The molecule has 0 spiro atoms. The van der Waals surface area contributed by atoms with Crippen LogP contribution in [-0.2, 0) is 17.8 Å². The predicted molar refractivity (Wildman–Crippen MR) is 105 cm³/mol. The van der Waals surface area contributed by atoms with Crippen molar-refractivity contribution in [3.8, 4) is 0 Å². The summed E-state index contributed by atoms with van der Waals surface area (Å²) in [6.45, 7) is 0. The van der Waals surface area contributed by atoms with Gasteiger partial charge in [0.2, 0.25) is 0 Å². The molecule has 1 atom stereocenters. The summed E-state index contributed by atoms with van der Waals surface area (Å²) < 4.78 is 14.0. The molecule has 0 amide bonds. The Hall–Kier alpha value is -1.34. The van der Waals surface area contributed by atoms with E-state index in [1.807, 2.05) is 18.2 Å². The molecule has 8 heteroatoms. The maximum absolute atomic E-state index is 12.4. The SMILES string of the molecule is Cn1c(SCCS(=O)c2cc(Cl)ccc2Cl)nc2ccccc2c1=O. The van der Waals surface area contributed by atoms with Gasteiger partial charge in [-0.2, -0.15) is 0 Å². The molecule has 0 aliphatic heterocycles. The zero-order chi connectivity index (χ0) is 18.0. The maximum atomic E-state index is 12.4. The molecule has 0 N–H and O–H groups in total. The van der Waals surface area contributed by atoms with Crippen molar-refractivity contribution in [1.82, 2.24) is 9.55 Å². The lowest BCUT2D eigenvalue weighted by atomic mass is 10.2. The summed E-state index contributed by atoms with van der Waals surface area (Å²) in [5, 5.41) is 2.12. The lowest BCUT2D eigenvalue weighted by molar-refractivity contribution is 0.684. The topological polar surface area (TPSA) is 52.0 Å². The molecular formula is C17H14Cl2N2O2S2. The Morgan fingerprint density at radius 1 is 1.20 bits per heavy atom. The lowest BCUT2D eigenvalue weighted by Gasteiger charge is -2.09. The molecule has 4 nitrogen and oxygen atoms in total. The first-order valence-corrected chi connectivity index (χ1v) is 10.5. The molecule has 0 aliphatic carbocycles. The minimum Gasteiger partial charge on any atom is -0.290 e. The van der Waals surface area contributed by atoms with Gasteiger partial charge in [0, 0.05) is 23.6 Å². The molecule has 2 aromatic carbocycles. The highest BCUT2D eigenvalue weighted by atomic mass is 35.5. The molecule has 3 aromatic rings. The van der Waals surface area contributed by atoms with Crippen LogP contribution < -0.4 is 5.56 Å². The van der Waals surface area contributed by atoms with Crippen molar-refractivity contribution in [2.24, 2.45) is 7.05 Å². The summed E-state index contributed by atoms with van der Waals surface area (Å²) in [6, 6.07) is 12.1. The quantitative estimate of drug-likeness (QED) is 0.466.